The van der Waals surface area contributed by atoms with Crippen LogP contribution in [0.15, 0.2) is 18.5 Å². The first-order chi connectivity index (χ1) is 9.16. The van der Waals surface area contributed by atoms with Gasteiger partial charge in [-0.15, -0.1) is 0 Å². The van der Waals surface area contributed by atoms with E-state index in [0.29, 0.717) is 26.3 Å². The number of carbonyl (C=O) groups excluding carboxylic acids is 1. The number of aromatic nitrogens is 2. The van der Waals surface area contributed by atoms with Gasteiger partial charge in [0.25, 0.3) is 0 Å². The predicted molar refractivity (Wildman–Crippen MR) is 71.7 cm³/mol. The van der Waals surface area contributed by atoms with Gasteiger partial charge in [0.05, 0.1) is 25.8 Å². The molecule has 1 amide bonds. The summed E-state index contributed by atoms with van der Waals surface area (Å²) in [6, 6.07) is 1.92. The Morgan fingerprint density at radius 1 is 1.42 bits per heavy atom. The molecular weight excluding hydrogens is 244 g/mol. The lowest BCUT2D eigenvalue weighted by molar-refractivity contribution is -0.137. The van der Waals surface area contributed by atoms with E-state index < -0.39 is 0 Å². The van der Waals surface area contributed by atoms with Crippen molar-refractivity contribution in [2.75, 3.05) is 26.3 Å². The van der Waals surface area contributed by atoms with E-state index in [1.165, 1.54) is 0 Å². The molecule has 2 atom stereocenters. The molecule has 6 heteroatoms. The average molecular weight is 266 g/mol. The Labute approximate surface area is 113 Å². The second-order valence-corrected chi connectivity index (χ2v) is 4.96. The van der Waals surface area contributed by atoms with Gasteiger partial charge in [0.2, 0.25) is 5.91 Å². The van der Waals surface area contributed by atoms with Gasteiger partial charge in [-0.05, 0) is 19.9 Å². The second-order valence-electron chi connectivity index (χ2n) is 4.96. The summed E-state index contributed by atoms with van der Waals surface area (Å²) in [4.78, 5) is 14.1. The number of hydrogen-bond acceptors (Lipinski definition) is 4. The molecule has 0 unspecified atom stereocenters. The number of rotatable bonds is 5. The number of nitrogens with one attached hydrogen (secondary N) is 1. The Bertz CT molecular complexity index is 387. The van der Waals surface area contributed by atoms with Crippen LogP contribution in [0.4, 0.5) is 0 Å². The smallest absolute Gasteiger partial charge is 0.239 e. The van der Waals surface area contributed by atoms with Gasteiger partial charge in [0.15, 0.2) is 0 Å². The molecule has 1 aromatic heterocycles. The minimum atomic E-state index is -0.177. The van der Waals surface area contributed by atoms with Crippen LogP contribution < -0.4 is 5.32 Å². The van der Waals surface area contributed by atoms with Crippen LogP contribution in [-0.2, 0) is 16.1 Å². The van der Waals surface area contributed by atoms with E-state index in [4.69, 9.17) is 4.74 Å². The SMILES string of the molecule is C[C@H](N[C@@H](C)Cn1cccn1)C(=O)N1CCOCC1. The molecule has 1 saturated heterocycles. The van der Waals surface area contributed by atoms with Crippen molar-refractivity contribution < 1.29 is 9.53 Å². The Hall–Kier alpha value is -1.40. The maximum atomic E-state index is 12.2. The van der Waals surface area contributed by atoms with E-state index in [-0.39, 0.29) is 18.0 Å². The first kappa shape index (κ1) is 14.0. The van der Waals surface area contributed by atoms with Crippen molar-refractivity contribution >= 4 is 5.91 Å². The molecule has 1 aromatic rings. The van der Waals surface area contributed by atoms with Gasteiger partial charge >= 0.3 is 0 Å². The number of nitrogens with zero attached hydrogens (tertiary/aromatic N) is 3. The summed E-state index contributed by atoms with van der Waals surface area (Å²) in [5.41, 5.74) is 0. The van der Waals surface area contributed by atoms with Crippen molar-refractivity contribution in [1.82, 2.24) is 20.0 Å². The van der Waals surface area contributed by atoms with Crippen LogP contribution in [-0.4, -0.2) is 59.0 Å². The Balaban J connectivity index is 1.78. The molecular formula is C13H22N4O2. The molecule has 0 bridgehead atoms. The summed E-state index contributed by atoms with van der Waals surface area (Å²) < 4.78 is 7.12. The van der Waals surface area contributed by atoms with Crippen molar-refractivity contribution in [2.45, 2.75) is 32.5 Å². The number of ether oxygens (including phenoxy) is 1. The van der Waals surface area contributed by atoms with Gasteiger partial charge in [0, 0.05) is 31.5 Å². The molecule has 2 rings (SSSR count). The van der Waals surface area contributed by atoms with Gasteiger partial charge in [-0.2, -0.15) is 5.10 Å². The summed E-state index contributed by atoms with van der Waals surface area (Å²) in [7, 11) is 0. The molecule has 19 heavy (non-hydrogen) atoms. The van der Waals surface area contributed by atoms with Crippen LogP contribution in [0.5, 0.6) is 0 Å². The monoisotopic (exact) mass is 266 g/mol. The fourth-order valence-corrected chi connectivity index (χ4v) is 2.30. The summed E-state index contributed by atoms with van der Waals surface area (Å²) in [6.07, 6.45) is 3.68. The summed E-state index contributed by atoms with van der Waals surface area (Å²) in [6.45, 7) is 7.40. The van der Waals surface area contributed by atoms with Crippen molar-refractivity contribution in [1.29, 1.82) is 0 Å². The molecule has 106 valence electrons. The summed E-state index contributed by atoms with van der Waals surface area (Å²) in [5, 5.41) is 7.49. The van der Waals surface area contributed by atoms with Crippen molar-refractivity contribution in [3.63, 3.8) is 0 Å². The van der Waals surface area contributed by atoms with Gasteiger partial charge in [-0.1, -0.05) is 0 Å². The number of hydrogen-bond donors (Lipinski definition) is 1. The normalized spacial score (nSPS) is 19.2. The van der Waals surface area contributed by atoms with Gasteiger partial charge in [-0.3, -0.25) is 9.48 Å². The standard InChI is InChI=1S/C13H22N4O2/c1-11(10-17-5-3-4-14-17)15-12(2)13(18)16-6-8-19-9-7-16/h3-5,11-12,15H,6-10H2,1-2H3/t11-,12-/m0/s1. The lowest BCUT2D eigenvalue weighted by Gasteiger charge is -2.30. The third kappa shape index (κ3) is 4.04. The fourth-order valence-electron chi connectivity index (χ4n) is 2.30. The van der Waals surface area contributed by atoms with Crippen LogP contribution in [0.2, 0.25) is 0 Å². The molecule has 1 N–H and O–H groups in total. The van der Waals surface area contributed by atoms with E-state index in [2.05, 4.69) is 17.3 Å². The number of amides is 1. The third-order valence-electron chi connectivity index (χ3n) is 3.25. The largest absolute Gasteiger partial charge is 0.378 e. The Kier molecular flexibility index (Phi) is 4.93. The van der Waals surface area contributed by atoms with Crippen LogP contribution in [0.3, 0.4) is 0 Å². The number of morpholine rings is 1. The van der Waals surface area contributed by atoms with Gasteiger partial charge < -0.3 is 15.0 Å². The van der Waals surface area contributed by atoms with Crippen molar-refractivity contribution in [3.05, 3.63) is 18.5 Å². The van der Waals surface area contributed by atoms with Gasteiger partial charge in [-0.25, -0.2) is 0 Å². The highest BCUT2D eigenvalue weighted by Gasteiger charge is 2.23. The second kappa shape index (κ2) is 6.68. The van der Waals surface area contributed by atoms with Crippen LogP contribution in [0.25, 0.3) is 0 Å². The van der Waals surface area contributed by atoms with Crippen LogP contribution in [0, 0.1) is 0 Å². The van der Waals surface area contributed by atoms with E-state index in [9.17, 15) is 4.79 Å². The minimum Gasteiger partial charge on any atom is -0.378 e. The van der Waals surface area contributed by atoms with Gasteiger partial charge in [0.1, 0.15) is 0 Å². The third-order valence-corrected chi connectivity index (χ3v) is 3.25. The fraction of sp³-hybridized carbons (Fsp3) is 0.692. The molecule has 2 heterocycles. The molecule has 1 aliphatic rings. The maximum Gasteiger partial charge on any atom is 0.239 e. The molecule has 0 saturated carbocycles. The van der Waals surface area contributed by atoms with E-state index in [1.807, 2.05) is 28.8 Å². The van der Waals surface area contributed by atoms with Crippen LogP contribution in [0.1, 0.15) is 13.8 Å². The molecule has 1 aliphatic heterocycles. The first-order valence-electron chi connectivity index (χ1n) is 6.77. The molecule has 0 aromatic carbocycles. The Morgan fingerprint density at radius 3 is 2.79 bits per heavy atom. The van der Waals surface area contributed by atoms with Crippen molar-refractivity contribution in [2.24, 2.45) is 0 Å². The highest BCUT2D eigenvalue weighted by molar-refractivity contribution is 5.81. The lowest BCUT2D eigenvalue weighted by atomic mass is 10.2. The zero-order valence-corrected chi connectivity index (χ0v) is 11.6. The molecule has 6 nitrogen and oxygen atoms in total. The van der Waals surface area contributed by atoms with E-state index >= 15 is 0 Å². The zero-order valence-electron chi connectivity index (χ0n) is 11.6. The summed E-state index contributed by atoms with van der Waals surface area (Å²) in [5.74, 6) is 0.149. The molecule has 0 aliphatic carbocycles. The Morgan fingerprint density at radius 2 is 2.16 bits per heavy atom. The average Bonchev–Trinajstić information content (AvgIpc) is 2.91. The highest BCUT2D eigenvalue weighted by Crippen LogP contribution is 2.02. The lowest BCUT2D eigenvalue weighted by Crippen LogP contribution is -2.51. The molecule has 0 radical (unpaired) electrons. The quantitative estimate of drug-likeness (QED) is 0.822. The minimum absolute atomic E-state index is 0.149. The van der Waals surface area contributed by atoms with E-state index in [1.54, 1.807) is 6.20 Å². The highest BCUT2D eigenvalue weighted by atomic mass is 16.5. The van der Waals surface area contributed by atoms with E-state index in [0.717, 1.165) is 6.54 Å². The topological polar surface area (TPSA) is 59.4 Å². The number of carbonyl (C=O) groups is 1. The zero-order chi connectivity index (χ0) is 13.7. The predicted octanol–water partition coefficient (Wildman–Crippen LogP) is 0.109. The summed E-state index contributed by atoms with van der Waals surface area (Å²) >= 11 is 0. The molecule has 0 spiro atoms. The maximum absolute atomic E-state index is 12.2. The van der Waals surface area contributed by atoms with Crippen molar-refractivity contribution in [3.8, 4) is 0 Å². The van der Waals surface area contributed by atoms with Crippen LogP contribution >= 0.6 is 0 Å². The first-order valence-corrected chi connectivity index (χ1v) is 6.77. The molecule has 1 fully saturated rings.